The second-order valence-corrected chi connectivity index (χ2v) is 8.15. The normalized spacial score (nSPS) is 12.9. The molecule has 4 nitrogen and oxygen atoms in total. The van der Waals surface area contributed by atoms with Crippen molar-refractivity contribution >= 4 is 47.5 Å². The Kier molecular flexibility index (Phi) is 4.20. The lowest BCUT2D eigenvalue weighted by Crippen LogP contribution is -2.16. The molecule has 2 aromatic carbocycles. The zero-order chi connectivity index (χ0) is 15.7. The van der Waals surface area contributed by atoms with E-state index in [0.29, 0.717) is 11.3 Å². The van der Waals surface area contributed by atoms with Crippen molar-refractivity contribution in [1.82, 2.24) is 4.57 Å². The highest BCUT2D eigenvalue weighted by Crippen LogP contribution is 2.22. The third-order valence-electron chi connectivity index (χ3n) is 3.20. The molecule has 0 amide bonds. The van der Waals surface area contributed by atoms with Crippen LogP contribution in [0.5, 0.6) is 0 Å². The standard InChI is InChI=1S/C15H13BrN2O2S2/c1-2-18-13-9-8-11(16)10-14(13)21-15(18)17-22(19,20)12-6-4-3-5-7-12/h3-10H,2H2,1H3. The molecule has 0 N–H and O–H groups in total. The Bertz CT molecular complexity index is 989. The van der Waals surface area contributed by atoms with Crippen LogP contribution < -0.4 is 4.80 Å². The summed E-state index contributed by atoms with van der Waals surface area (Å²) in [5.41, 5.74) is 0.984. The molecule has 0 saturated heterocycles. The molecule has 0 aliphatic rings. The molecule has 1 heterocycles. The zero-order valence-corrected chi connectivity index (χ0v) is 15.0. The number of fused-ring (bicyclic) bond motifs is 1. The van der Waals surface area contributed by atoms with Crippen LogP contribution in [0.2, 0.25) is 0 Å². The van der Waals surface area contributed by atoms with Gasteiger partial charge in [0.2, 0.25) is 4.80 Å². The highest BCUT2D eigenvalue weighted by atomic mass is 79.9. The minimum absolute atomic E-state index is 0.205. The molecule has 0 bridgehead atoms. The highest BCUT2D eigenvalue weighted by Gasteiger charge is 2.13. The molecule has 0 aliphatic heterocycles. The number of thiazole rings is 1. The number of aryl methyl sites for hydroxylation is 1. The predicted molar refractivity (Wildman–Crippen MR) is 92.4 cm³/mol. The first-order valence-corrected chi connectivity index (χ1v) is 9.71. The Morgan fingerprint density at radius 2 is 1.91 bits per heavy atom. The van der Waals surface area contributed by atoms with Crippen LogP contribution in [0.15, 0.2) is 62.3 Å². The van der Waals surface area contributed by atoms with E-state index in [0.717, 1.165) is 14.7 Å². The second kappa shape index (κ2) is 5.98. The molecule has 3 rings (SSSR count). The quantitative estimate of drug-likeness (QED) is 0.676. The fraction of sp³-hybridized carbons (Fsp3) is 0.133. The van der Waals surface area contributed by atoms with E-state index in [1.807, 2.05) is 29.7 Å². The smallest absolute Gasteiger partial charge is 0.285 e. The molecule has 0 unspecified atom stereocenters. The van der Waals surface area contributed by atoms with Gasteiger partial charge in [0.05, 0.1) is 15.1 Å². The summed E-state index contributed by atoms with van der Waals surface area (Å²) in [6.45, 7) is 2.63. The van der Waals surface area contributed by atoms with Gasteiger partial charge < -0.3 is 4.57 Å². The summed E-state index contributed by atoms with van der Waals surface area (Å²) in [4.78, 5) is 0.691. The van der Waals surface area contributed by atoms with Gasteiger partial charge in [-0.3, -0.25) is 0 Å². The molecule has 0 atom stereocenters. The van der Waals surface area contributed by atoms with E-state index in [2.05, 4.69) is 20.3 Å². The van der Waals surface area contributed by atoms with Gasteiger partial charge in [-0.2, -0.15) is 8.42 Å². The molecule has 3 aromatic rings. The fourth-order valence-electron chi connectivity index (χ4n) is 2.17. The molecule has 0 fully saturated rings. The monoisotopic (exact) mass is 396 g/mol. The van der Waals surface area contributed by atoms with Gasteiger partial charge in [0.25, 0.3) is 10.0 Å². The Labute approximate surface area is 140 Å². The Balaban J connectivity index is 2.25. The van der Waals surface area contributed by atoms with E-state index in [1.54, 1.807) is 30.3 Å². The summed E-state index contributed by atoms with van der Waals surface area (Å²) in [6.07, 6.45) is 0. The topological polar surface area (TPSA) is 51.4 Å². The summed E-state index contributed by atoms with van der Waals surface area (Å²) < 4.78 is 32.8. The van der Waals surface area contributed by atoms with Crippen LogP contribution >= 0.6 is 27.3 Å². The number of halogens is 1. The Hall–Kier alpha value is -1.44. The van der Waals surface area contributed by atoms with E-state index in [9.17, 15) is 8.42 Å². The summed E-state index contributed by atoms with van der Waals surface area (Å²) in [5, 5.41) is 0. The number of nitrogens with zero attached hydrogens (tertiary/aromatic N) is 2. The SMILES string of the molecule is CCn1c(=NS(=O)(=O)c2ccccc2)sc2cc(Br)ccc21. The first-order chi connectivity index (χ1) is 10.5. The molecule has 0 spiro atoms. The summed E-state index contributed by atoms with van der Waals surface area (Å²) in [5.74, 6) is 0. The Morgan fingerprint density at radius 1 is 1.18 bits per heavy atom. The average molecular weight is 397 g/mol. The van der Waals surface area contributed by atoms with Crippen LogP contribution in [0.3, 0.4) is 0 Å². The number of hydrogen-bond donors (Lipinski definition) is 0. The van der Waals surface area contributed by atoms with Crippen molar-refractivity contribution in [3.05, 3.63) is 57.8 Å². The highest BCUT2D eigenvalue weighted by molar-refractivity contribution is 9.10. The van der Waals surface area contributed by atoms with Crippen LogP contribution in [0, 0.1) is 0 Å². The van der Waals surface area contributed by atoms with E-state index >= 15 is 0 Å². The van der Waals surface area contributed by atoms with E-state index in [-0.39, 0.29) is 4.90 Å². The largest absolute Gasteiger partial charge is 0.316 e. The zero-order valence-electron chi connectivity index (χ0n) is 11.7. The van der Waals surface area contributed by atoms with Crippen molar-refractivity contribution < 1.29 is 8.42 Å². The summed E-state index contributed by atoms with van der Waals surface area (Å²) >= 11 is 4.81. The number of rotatable bonds is 3. The number of benzene rings is 2. The van der Waals surface area contributed by atoms with Gasteiger partial charge in [-0.15, -0.1) is 4.40 Å². The average Bonchev–Trinajstić information content (AvgIpc) is 2.83. The molecule has 0 saturated carbocycles. The van der Waals surface area contributed by atoms with Crippen molar-refractivity contribution in [3.8, 4) is 0 Å². The molecule has 7 heteroatoms. The predicted octanol–water partition coefficient (Wildman–Crippen LogP) is 3.77. The number of sulfonamides is 1. The number of aromatic nitrogens is 1. The summed E-state index contributed by atoms with van der Waals surface area (Å²) in [7, 11) is -3.70. The van der Waals surface area contributed by atoms with E-state index in [1.165, 1.54) is 11.3 Å². The van der Waals surface area contributed by atoms with Gasteiger partial charge in [0.15, 0.2) is 0 Å². The lowest BCUT2D eigenvalue weighted by atomic mass is 10.3. The lowest BCUT2D eigenvalue weighted by molar-refractivity contribution is 0.595. The van der Waals surface area contributed by atoms with Gasteiger partial charge in [-0.25, -0.2) is 0 Å². The van der Waals surface area contributed by atoms with Crippen molar-refractivity contribution in [2.24, 2.45) is 4.40 Å². The van der Waals surface area contributed by atoms with Crippen LogP contribution in [0.1, 0.15) is 6.92 Å². The van der Waals surface area contributed by atoms with E-state index < -0.39 is 10.0 Å². The first kappa shape index (κ1) is 15.5. The third kappa shape index (κ3) is 2.88. The van der Waals surface area contributed by atoms with Gasteiger partial charge >= 0.3 is 0 Å². The van der Waals surface area contributed by atoms with E-state index in [4.69, 9.17) is 0 Å². The molecule has 114 valence electrons. The van der Waals surface area contributed by atoms with Crippen molar-refractivity contribution in [2.45, 2.75) is 18.4 Å². The van der Waals surface area contributed by atoms with Crippen molar-refractivity contribution in [2.75, 3.05) is 0 Å². The third-order valence-corrected chi connectivity index (χ3v) is 6.13. The first-order valence-electron chi connectivity index (χ1n) is 6.66. The Morgan fingerprint density at radius 3 is 2.59 bits per heavy atom. The maximum Gasteiger partial charge on any atom is 0.285 e. The minimum atomic E-state index is -3.70. The second-order valence-electron chi connectivity index (χ2n) is 4.62. The molecule has 0 radical (unpaired) electrons. The van der Waals surface area contributed by atoms with Crippen LogP contribution in [-0.2, 0) is 16.6 Å². The van der Waals surface area contributed by atoms with Gasteiger partial charge in [0.1, 0.15) is 0 Å². The van der Waals surface area contributed by atoms with Crippen LogP contribution in [0.25, 0.3) is 10.2 Å². The molecular weight excluding hydrogens is 384 g/mol. The van der Waals surface area contributed by atoms with Gasteiger partial charge in [0, 0.05) is 11.0 Å². The lowest BCUT2D eigenvalue weighted by Gasteiger charge is -2.01. The molecule has 1 aromatic heterocycles. The van der Waals surface area contributed by atoms with Crippen LogP contribution in [-0.4, -0.2) is 13.0 Å². The molecular formula is C15H13BrN2O2S2. The number of hydrogen-bond acceptors (Lipinski definition) is 3. The maximum atomic E-state index is 12.4. The molecule has 0 aliphatic carbocycles. The summed E-state index contributed by atoms with van der Waals surface area (Å²) in [6, 6.07) is 14.2. The van der Waals surface area contributed by atoms with Gasteiger partial charge in [-0.05, 0) is 37.3 Å². The van der Waals surface area contributed by atoms with Gasteiger partial charge in [-0.1, -0.05) is 45.5 Å². The molecule has 22 heavy (non-hydrogen) atoms. The minimum Gasteiger partial charge on any atom is -0.316 e. The van der Waals surface area contributed by atoms with Crippen LogP contribution in [0.4, 0.5) is 0 Å². The van der Waals surface area contributed by atoms with Crippen molar-refractivity contribution in [3.63, 3.8) is 0 Å². The maximum absolute atomic E-state index is 12.4. The van der Waals surface area contributed by atoms with Crippen molar-refractivity contribution in [1.29, 1.82) is 0 Å². The fourth-order valence-corrected chi connectivity index (χ4v) is 5.04.